The van der Waals surface area contributed by atoms with Crippen LogP contribution in [0.5, 0.6) is 0 Å². The fraction of sp³-hybridized carbons (Fsp3) is 0.538. The molecule has 84 valence electrons. The lowest BCUT2D eigenvalue weighted by Crippen LogP contribution is -2.29. The number of hydrogen-bond donors (Lipinski definition) is 1. The van der Waals surface area contributed by atoms with Crippen LogP contribution >= 0.6 is 0 Å². The lowest BCUT2D eigenvalue weighted by atomic mass is 10.00. The third-order valence-corrected chi connectivity index (χ3v) is 2.81. The van der Waals surface area contributed by atoms with Gasteiger partial charge in [0.05, 0.1) is 0 Å². The third kappa shape index (κ3) is 4.02. The van der Waals surface area contributed by atoms with Crippen LogP contribution in [-0.4, -0.2) is 26.8 Å². The van der Waals surface area contributed by atoms with Gasteiger partial charge in [0.15, 0.2) is 0 Å². The monoisotopic (exact) mass is 207 g/mol. The average Bonchev–Trinajstić information content (AvgIpc) is 2.26. The molecular weight excluding hydrogens is 186 g/mol. The first-order valence-electron chi connectivity index (χ1n) is 5.48. The quantitative estimate of drug-likeness (QED) is 0.772. The molecule has 1 aromatic carbocycles. The standard InChI is InChI=1S/C13H21NO/c1-11-6-4-5-7-12(11)10-13(14-2)8-9-15-3/h4-7,13-14H,8-10H2,1-3H3. The van der Waals surface area contributed by atoms with Crippen molar-refractivity contribution in [2.45, 2.75) is 25.8 Å². The van der Waals surface area contributed by atoms with Crippen molar-refractivity contribution < 1.29 is 4.74 Å². The van der Waals surface area contributed by atoms with E-state index in [9.17, 15) is 0 Å². The predicted molar refractivity (Wildman–Crippen MR) is 64.2 cm³/mol. The van der Waals surface area contributed by atoms with E-state index in [1.54, 1.807) is 7.11 Å². The van der Waals surface area contributed by atoms with Gasteiger partial charge in [0.25, 0.3) is 0 Å². The van der Waals surface area contributed by atoms with Crippen molar-refractivity contribution in [1.29, 1.82) is 0 Å². The summed E-state index contributed by atoms with van der Waals surface area (Å²) in [5, 5.41) is 3.33. The summed E-state index contributed by atoms with van der Waals surface area (Å²) in [5.41, 5.74) is 2.79. The summed E-state index contributed by atoms with van der Waals surface area (Å²) in [4.78, 5) is 0. The number of benzene rings is 1. The summed E-state index contributed by atoms with van der Waals surface area (Å²) in [5.74, 6) is 0. The SMILES string of the molecule is CNC(CCOC)Cc1ccccc1C. The first-order chi connectivity index (χ1) is 7.27. The fourth-order valence-electron chi connectivity index (χ4n) is 1.71. The molecule has 0 saturated heterocycles. The Balaban J connectivity index is 2.54. The van der Waals surface area contributed by atoms with Crippen molar-refractivity contribution in [2.24, 2.45) is 0 Å². The highest BCUT2D eigenvalue weighted by atomic mass is 16.5. The maximum atomic E-state index is 5.10. The van der Waals surface area contributed by atoms with Gasteiger partial charge in [0.1, 0.15) is 0 Å². The highest BCUT2D eigenvalue weighted by molar-refractivity contribution is 5.26. The Kier molecular flexibility index (Phi) is 5.37. The van der Waals surface area contributed by atoms with Crippen LogP contribution in [0.1, 0.15) is 17.5 Å². The molecule has 1 atom stereocenters. The van der Waals surface area contributed by atoms with Crippen LogP contribution in [0.15, 0.2) is 24.3 Å². The number of hydrogen-bond acceptors (Lipinski definition) is 2. The number of methoxy groups -OCH3 is 1. The van der Waals surface area contributed by atoms with E-state index in [1.165, 1.54) is 11.1 Å². The molecule has 0 bridgehead atoms. The van der Waals surface area contributed by atoms with Crippen LogP contribution in [0, 0.1) is 6.92 Å². The molecule has 0 heterocycles. The van der Waals surface area contributed by atoms with Crippen molar-refractivity contribution in [2.75, 3.05) is 20.8 Å². The molecule has 1 aromatic rings. The molecular formula is C13H21NO. The predicted octanol–water partition coefficient (Wildman–Crippen LogP) is 2.16. The largest absolute Gasteiger partial charge is 0.385 e. The van der Waals surface area contributed by atoms with E-state index in [4.69, 9.17) is 4.74 Å². The molecule has 0 aliphatic rings. The molecule has 0 saturated carbocycles. The highest BCUT2D eigenvalue weighted by Crippen LogP contribution is 2.11. The summed E-state index contributed by atoms with van der Waals surface area (Å²) in [6, 6.07) is 9.06. The Morgan fingerprint density at radius 2 is 2.07 bits per heavy atom. The lowest BCUT2D eigenvalue weighted by molar-refractivity contribution is 0.184. The second-order valence-electron chi connectivity index (χ2n) is 3.90. The first kappa shape index (κ1) is 12.2. The summed E-state index contributed by atoms with van der Waals surface area (Å²) >= 11 is 0. The molecule has 0 amide bonds. The summed E-state index contributed by atoms with van der Waals surface area (Å²) < 4.78 is 5.10. The number of rotatable bonds is 6. The Bertz CT molecular complexity index is 286. The van der Waals surface area contributed by atoms with Gasteiger partial charge in [-0.25, -0.2) is 0 Å². The minimum Gasteiger partial charge on any atom is -0.385 e. The first-order valence-corrected chi connectivity index (χ1v) is 5.48. The molecule has 0 aliphatic carbocycles. The van der Waals surface area contributed by atoms with Crippen LogP contribution in [0.2, 0.25) is 0 Å². The van der Waals surface area contributed by atoms with Crippen LogP contribution in [0.4, 0.5) is 0 Å². The van der Waals surface area contributed by atoms with Crippen LogP contribution in [0.3, 0.4) is 0 Å². The Morgan fingerprint density at radius 1 is 1.33 bits per heavy atom. The fourth-order valence-corrected chi connectivity index (χ4v) is 1.71. The molecule has 0 fully saturated rings. The molecule has 1 N–H and O–H groups in total. The maximum absolute atomic E-state index is 5.10. The molecule has 1 rings (SSSR count). The Labute approximate surface area is 92.6 Å². The minimum absolute atomic E-state index is 0.506. The van der Waals surface area contributed by atoms with Gasteiger partial charge in [-0.1, -0.05) is 24.3 Å². The lowest BCUT2D eigenvalue weighted by Gasteiger charge is -2.16. The topological polar surface area (TPSA) is 21.3 Å². The highest BCUT2D eigenvalue weighted by Gasteiger charge is 2.07. The van der Waals surface area contributed by atoms with Gasteiger partial charge in [-0.2, -0.15) is 0 Å². The average molecular weight is 207 g/mol. The minimum atomic E-state index is 0.506. The zero-order valence-electron chi connectivity index (χ0n) is 9.92. The van der Waals surface area contributed by atoms with E-state index >= 15 is 0 Å². The summed E-state index contributed by atoms with van der Waals surface area (Å²) in [6.45, 7) is 2.98. The molecule has 1 unspecified atom stereocenters. The van der Waals surface area contributed by atoms with Crippen LogP contribution < -0.4 is 5.32 Å². The zero-order chi connectivity index (χ0) is 11.1. The second-order valence-corrected chi connectivity index (χ2v) is 3.90. The number of likely N-dealkylation sites (N-methyl/N-ethyl adjacent to an activating group) is 1. The van der Waals surface area contributed by atoms with Gasteiger partial charge < -0.3 is 10.1 Å². The molecule has 0 aromatic heterocycles. The van der Waals surface area contributed by atoms with Crippen LogP contribution in [0.25, 0.3) is 0 Å². The van der Waals surface area contributed by atoms with Gasteiger partial charge in [-0.05, 0) is 37.9 Å². The number of nitrogens with one attached hydrogen (secondary N) is 1. The van der Waals surface area contributed by atoms with Gasteiger partial charge >= 0.3 is 0 Å². The van der Waals surface area contributed by atoms with Gasteiger partial charge in [-0.15, -0.1) is 0 Å². The van der Waals surface area contributed by atoms with Crippen molar-refractivity contribution in [3.63, 3.8) is 0 Å². The smallest absolute Gasteiger partial charge is 0.0477 e. The molecule has 0 radical (unpaired) electrons. The molecule has 0 spiro atoms. The normalized spacial score (nSPS) is 12.7. The van der Waals surface area contributed by atoms with Crippen LogP contribution in [-0.2, 0) is 11.2 Å². The second kappa shape index (κ2) is 6.59. The van der Waals surface area contributed by atoms with E-state index in [2.05, 4.69) is 36.5 Å². The number of ether oxygens (including phenoxy) is 1. The number of aryl methyl sites for hydroxylation is 1. The van der Waals surface area contributed by atoms with Crippen molar-refractivity contribution in [3.05, 3.63) is 35.4 Å². The summed E-state index contributed by atoms with van der Waals surface area (Å²) in [6.07, 6.45) is 2.13. The molecule has 2 heteroatoms. The van der Waals surface area contributed by atoms with E-state index in [1.807, 2.05) is 7.05 Å². The van der Waals surface area contributed by atoms with E-state index in [0.29, 0.717) is 6.04 Å². The molecule has 15 heavy (non-hydrogen) atoms. The maximum Gasteiger partial charge on any atom is 0.0477 e. The zero-order valence-corrected chi connectivity index (χ0v) is 9.92. The van der Waals surface area contributed by atoms with Crippen molar-refractivity contribution in [3.8, 4) is 0 Å². The molecule has 2 nitrogen and oxygen atoms in total. The Hall–Kier alpha value is -0.860. The van der Waals surface area contributed by atoms with E-state index in [-0.39, 0.29) is 0 Å². The van der Waals surface area contributed by atoms with Crippen molar-refractivity contribution in [1.82, 2.24) is 5.32 Å². The van der Waals surface area contributed by atoms with Gasteiger partial charge in [-0.3, -0.25) is 0 Å². The van der Waals surface area contributed by atoms with Gasteiger partial charge in [0, 0.05) is 19.8 Å². The van der Waals surface area contributed by atoms with Gasteiger partial charge in [0.2, 0.25) is 0 Å². The van der Waals surface area contributed by atoms with E-state index < -0.39 is 0 Å². The van der Waals surface area contributed by atoms with E-state index in [0.717, 1.165) is 19.4 Å². The Morgan fingerprint density at radius 3 is 2.67 bits per heavy atom. The third-order valence-electron chi connectivity index (χ3n) is 2.81. The summed E-state index contributed by atoms with van der Waals surface area (Å²) in [7, 11) is 3.76. The van der Waals surface area contributed by atoms with Crippen molar-refractivity contribution >= 4 is 0 Å². The molecule has 0 aliphatic heterocycles.